The molecule has 0 heterocycles. The zero-order chi connectivity index (χ0) is 23.5. The summed E-state index contributed by atoms with van der Waals surface area (Å²) in [6, 6.07) is 10.2. The molecule has 5 heteroatoms. The number of benzene rings is 2. The monoisotopic (exact) mass is 435 g/mol. The molecule has 0 fully saturated rings. The maximum Gasteiger partial charge on any atom is 0.255 e. The minimum absolute atomic E-state index is 0.0435. The highest BCUT2D eigenvalue weighted by Gasteiger charge is 2.26. The Hall–Kier alpha value is -3.34. The molecule has 3 rings (SSSR count). The van der Waals surface area contributed by atoms with Gasteiger partial charge in [0.25, 0.3) is 5.91 Å². The summed E-state index contributed by atoms with van der Waals surface area (Å²) in [5, 5.41) is 22.4. The average Bonchev–Trinajstić information content (AvgIpc) is 2.73. The molecule has 1 aliphatic carbocycles. The van der Waals surface area contributed by atoms with Gasteiger partial charge in [0.2, 0.25) is 0 Å². The van der Waals surface area contributed by atoms with Crippen LogP contribution in [0.3, 0.4) is 0 Å². The van der Waals surface area contributed by atoms with Crippen LogP contribution < -0.4 is 5.32 Å². The Morgan fingerprint density at radius 3 is 2.44 bits per heavy atom. The molecule has 0 saturated heterocycles. The van der Waals surface area contributed by atoms with E-state index < -0.39 is 11.7 Å². The summed E-state index contributed by atoms with van der Waals surface area (Å²) in [6.07, 6.45) is 7.07. The number of carbonyl (C=O) groups excluding carboxylic acids is 1. The van der Waals surface area contributed by atoms with Crippen molar-refractivity contribution in [1.82, 2.24) is 0 Å². The Morgan fingerprint density at radius 1 is 1.12 bits per heavy atom. The van der Waals surface area contributed by atoms with Gasteiger partial charge < -0.3 is 15.5 Å². The van der Waals surface area contributed by atoms with Crippen molar-refractivity contribution in [3.8, 4) is 11.5 Å². The van der Waals surface area contributed by atoms with Gasteiger partial charge >= 0.3 is 0 Å². The van der Waals surface area contributed by atoms with Crippen molar-refractivity contribution < 1.29 is 19.4 Å². The lowest BCUT2D eigenvalue weighted by Crippen LogP contribution is -2.19. The highest BCUT2D eigenvalue weighted by atomic mass is 19.1. The Balaban J connectivity index is 1.80. The quantitative estimate of drug-likeness (QED) is 0.345. The third kappa shape index (κ3) is 5.28. The van der Waals surface area contributed by atoms with Gasteiger partial charge in [-0.2, -0.15) is 0 Å². The number of phenols is 2. The third-order valence-corrected chi connectivity index (χ3v) is 6.01. The number of nitrogens with one attached hydrogen (secondary N) is 1. The normalized spacial score (nSPS) is 16.8. The van der Waals surface area contributed by atoms with Crippen LogP contribution in [0.25, 0.3) is 5.83 Å². The molecule has 0 unspecified atom stereocenters. The van der Waals surface area contributed by atoms with Crippen molar-refractivity contribution in [2.75, 3.05) is 5.32 Å². The van der Waals surface area contributed by atoms with Gasteiger partial charge in [-0.1, -0.05) is 31.6 Å². The van der Waals surface area contributed by atoms with Crippen molar-refractivity contribution in [2.45, 2.75) is 47.0 Å². The van der Waals surface area contributed by atoms with Crippen LogP contribution >= 0.6 is 0 Å². The fourth-order valence-electron chi connectivity index (χ4n) is 4.11. The lowest BCUT2D eigenvalue weighted by molar-refractivity contribution is 0.102. The smallest absolute Gasteiger partial charge is 0.255 e. The molecule has 2 aromatic carbocycles. The van der Waals surface area contributed by atoms with E-state index in [0.29, 0.717) is 11.3 Å². The Morgan fingerprint density at radius 2 is 1.81 bits per heavy atom. The van der Waals surface area contributed by atoms with E-state index >= 15 is 4.39 Å². The molecule has 168 valence electrons. The van der Waals surface area contributed by atoms with Crippen LogP contribution in [0.2, 0.25) is 0 Å². The van der Waals surface area contributed by atoms with Gasteiger partial charge in [0.1, 0.15) is 17.3 Å². The highest BCUT2D eigenvalue weighted by Crippen LogP contribution is 2.41. The van der Waals surface area contributed by atoms with Crippen molar-refractivity contribution >= 4 is 17.4 Å². The van der Waals surface area contributed by atoms with Crippen molar-refractivity contribution in [1.29, 1.82) is 0 Å². The first-order chi connectivity index (χ1) is 15.1. The van der Waals surface area contributed by atoms with Crippen LogP contribution in [-0.2, 0) is 0 Å². The number of carbonyl (C=O) groups is 1. The SMILES string of the molecule is CC(C=CC1=C(C)CCCC1(C)C)=C(F)c1ccc(C(=O)Nc2ccc(O)cc2)cc1O. The number of rotatable bonds is 5. The number of amides is 1. The highest BCUT2D eigenvalue weighted by molar-refractivity contribution is 6.04. The fraction of sp³-hybridized carbons (Fsp3) is 0.296. The number of hydrogen-bond donors (Lipinski definition) is 3. The minimum atomic E-state index is -0.531. The van der Waals surface area contributed by atoms with Gasteiger partial charge in [-0.3, -0.25) is 4.79 Å². The number of halogens is 1. The molecule has 0 aliphatic heterocycles. The summed E-state index contributed by atoms with van der Waals surface area (Å²) in [5.41, 5.74) is 3.78. The molecule has 0 radical (unpaired) electrons. The zero-order valence-corrected chi connectivity index (χ0v) is 19.0. The van der Waals surface area contributed by atoms with E-state index in [-0.39, 0.29) is 28.0 Å². The van der Waals surface area contributed by atoms with Crippen LogP contribution in [0.5, 0.6) is 11.5 Å². The summed E-state index contributed by atoms with van der Waals surface area (Å²) in [4.78, 5) is 12.4. The number of phenolic OH excluding ortho intramolecular Hbond substituents is 2. The van der Waals surface area contributed by atoms with E-state index in [1.165, 1.54) is 47.9 Å². The maximum absolute atomic E-state index is 15.1. The van der Waals surface area contributed by atoms with Gasteiger partial charge in [-0.25, -0.2) is 4.39 Å². The lowest BCUT2D eigenvalue weighted by atomic mass is 9.72. The molecule has 4 nitrogen and oxygen atoms in total. The van der Waals surface area contributed by atoms with E-state index in [9.17, 15) is 15.0 Å². The number of aromatic hydroxyl groups is 2. The predicted molar refractivity (Wildman–Crippen MR) is 127 cm³/mol. The first kappa shape index (κ1) is 23.3. The van der Waals surface area contributed by atoms with Crippen LogP contribution in [0.1, 0.15) is 62.9 Å². The summed E-state index contributed by atoms with van der Waals surface area (Å²) in [7, 11) is 0. The number of hydrogen-bond acceptors (Lipinski definition) is 3. The lowest BCUT2D eigenvalue weighted by Gasteiger charge is -2.33. The molecule has 0 atom stereocenters. The first-order valence-electron chi connectivity index (χ1n) is 10.8. The van der Waals surface area contributed by atoms with E-state index in [4.69, 9.17) is 0 Å². The summed E-state index contributed by atoms with van der Waals surface area (Å²) < 4.78 is 15.1. The third-order valence-electron chi connectivity index (χ3n) is 6.01. The fourth-order valence-corrected chi connectivity index (χ4v) is 4.11. The molecular weight excluding hydrogens is 405 g/mol. The van der Waals surface area contributed by atoms with Gasteiger partial charge in [-0.05, 0) is 92.1 Å². The molecule has 0 saturated carbocycles. The van der Waals surface area contributed by atoms with E-state index in [0.717, 1.165) is 12.8 Å². The van der Waals surface area contributed by atoms with E-state index in [1.807, 2.05) is 6.08 Å². The van der Waals surface area contributed by atoms with Crippen molar-refractivity contribution in [3.63, 3.8) is 0 Å². The number of anilines is 1. The second-order valence-electron chi connectivity index (χ2n) is 8.99. The van der Waals surface area contributed by atoms with Crippen LogP contribution in [-0.4, -0.2) is 16.1 Å². The van der Waals surface area contributed by atoms with E-state index in [1.54, 1.807) is 25.1 Å². The Labute approximate surface area is 188 Å². The van der Waals surface area contributed by atoms with Gasteiger partial charge in [-0.15, -0.1) is 0 Å². The first-order valence-corrected chi connectivity index (χ1v) is 10.8. The second kappa shape index (κ2) is 9.43. The van der Waals surface area contributed by atoms with Crippen molar-refractivity contribution in [2.24, 2.45) is 5.41 Å². The van der Waals surface area contributed by atoms with Gasteiger partial charge in [0, 0.05) is 11.3 Å². The minimum Gasteiger partial charge on any atom is -0.508 e. The molecule has 2 aromatic rings. The standard InChI is InChI=1S/C27H30FNO3/c1-17-6-5-15-27(3,4)23(17)14-7-18(2)25(28)22-13-8-19(16-24(22)31)26(32)29-20-9-11-21(30)12-10-20/h7-14,16,30-31H,5-6,15H2,1-4H3,(H,29,32). The van der Waals surface area contributed by atoms with Gasteiger partial charge in [0.15, 0.2) is 0 Å². The molecule has 32 heavy (non-hydrogen) atoms. The largest absolute Gasteiger partial charge is 0.508 e. The Kier molecular flexibility index (Phi) is 6.87. The second-order valence-corrected chi connectivity index (χ2v) is 8.99. The predicted octanol–water partition coefficient (Wildman–Crippen LogP) is 7.13. The summed E-state index contributed by atoms with van der Waals surface area (Å²) in [5.74, 6) is -1.19. The van der Waals surface area contributed by atoms with Gasteiger partial charge in [0.05, 0.1) is 5.56 Å². The average molecular weight is 436 g/mol. The van der Waals surface area contributed by atoms with Crippen LogP contribution in [0.4, 0.5) is 10.1 Å². The molecule has 0 spiro atoms. The molecule has 0 bridgehead atoms. The Bertz CT molecular complexity index is 1110. The molecule has 3 N–H and O–H groups in total. The molecule has 1 amide bonds. The molecular formula is C27H30FNO3. The zero-order valence-electron chi connectivity index (χ0n) is 19.0. The van der Waals surface area contributed by atoms with Crippen molar-refractivity contribution in [3.05, 3.63) is 82.5 Å². The van der Waals surface area contributed by atoms with Crippen LogP contribution in [0.15, 0.2) is 71.3 Å². The van der Waals surface area contributed by atoms with Crippen LogP contribution in [0, 0.1) is 5.41 Å². The topological polar surface area (TPSA) is 69.6 Å². The maximum atomic E-state index is 15.1. The summed E-state index contributed by atoms with van der Waals surface area (Å²) in [6.45, 7) is 8.21. The van der Waals surface area contributed by atoms with E-state index in [2.05, 4.69) is 26.1 Å². The summed E-state index contributed by atoms with van der Waals surface area (Å²) >= 11 is 0. The molecule has 1 aliphatic rings. The molecule has 0 aromatic heterocycles. The number of allylic oxidation sites excluding steroid dienone is 5.